The van der Waals surface area contributed by atoms with Crippen molar-refractivity contribution in [2.75, 3.05) is 5.75 Å². The van der Waals surface area contributed by atoms with Gasteiger partial charge in [0.2, 0.25) is 0 Å². The Hall–Kier alpha value is -0.350. The molecule has 0 aromatic rings. The summed E-state index contributed by atoms with van der Waals surface area (Å²) in [5.41, 5.74) is 0. The van der Waals surface area contributed by atoms with Crippen LogP contribution in [-0.4, -0.2) is 18.7 Å². The average molecular weight is 347 g/mol. The van der Waals surface area contributed by atoms with E-state index in [4.69, 9.17) is 4.55 Å². The molecule has 0 aromatic carbocycles. The van der Waals surface area contributed by atoms with Gasteiger partial charge in [-0.2, -0.15) is 8.42 Å². The molecule has 0 bridgehead atoms. The van der Waals surface area contributed by atoms with Crippen LogP contribution in [0.15, 0.2) is 12.2 Å². The van der Waals surface area contributed by atoms with E-state index < -0.39 is 10.1 Å². The van der Waals surface area contributed by atoms with Gasteiger partial charge in [-0.05, 0) is 32.1 Å². The number of hydrogen-bond donors (Lipinski definition) is 1. The molecule has 0 aliphatic heterocycles. The molecule has 138 valence electrons. The molecule has 0 saturated carbocycles. The first kappa shape index (κ1) is 22.6. The Balaban J connectivity index is 3.13. The zero-order valence-corrected chi connectivity index (χ0v) is 16.0. The summed E-state index contributed by atoms with van der Waals surface area (Å²) in [5.74, 6) is -0.0869. The maximum atomic E-state index is 10.5. The fourth-order valence-electron chi connectivity index (χ4n) is 2.71. The van der Waals surface area contributed by atoms with E-state index in [9.17, 15) is 8.42 Å². The van der Waals surface area contributed by atoms with Crippen molar-refractivity contribution in [3.8, 4) is 0 Å². The van der Waals surface area contributed by atoms with Crippen LogP contribution in [0.1, 0.15) is 103 Å². The van der Waals surface area contributed by atoms with Crippen molar-refractivity contribution in [3.63, 3.8) is 0 Å². The van der Waals surface area contributed by atoms with Gasteiger partial charge in [0.1, 0.15) is 0 Å². The zero-order valence-electron chi connectivity index (χ0n) is 15.1. The lowest BCUT2D eigenvalue weighted by atomic mass is 10.1. The summed E-state index contributed by atoms with van der Waals surface area (Å²) in [6.45, 7) is 2.26. The highest BCUT2D eigenvalue weighted by Gasteiger charge is 2.02. The van der Waals surface area contributed by atoms with E-state index >= 15 is 0 Å². The topological polar surface area (TPSA) is 54.4 Å². The van der Waals surface area contributed by atoms with Gasteiger partial charge in [-0.3, -0.25) is 4.55 Å². The van der Waals surface area contributed by atoms with E-state index in [0.29, 0.717) is 6.42 Å². The maximum absolute atomic E-state index is 10.5. The van der Waals surface area contributed by atoms with E-state index in [0.717, 1.165) is 12.8 Å². The van der Waals surface area contributed by atoms with Crippen LogP contribution < -0.4 is 0 Å². The first-order chi connectivity index (χ1) is 11.1. The monoisotopic (exact) mass is 346 g/mol. The zero-order chi connectivity index (χ0) is 17.2. The van der Waals surface area contributed by atoms with E-state index in [1.54, 1.807) is 0 Å². The molecule has 23 heavy (non-hydrogen) atoms. The largest absolute Gasteiger partial charge is 0.286 e. The van der Waals surface area contributed by atoms with Crippen LogP contribution in [-0.2, 0) is 10.1 Å². The molecule has 3 nitrogen and oxygen atoms in total. The van der Waals surface area contributed by atoms with Crippen molar-refractivity contribution in [3.05, 3.63) is 12.2 Å². The summed E-state index contributed by atoms with van der Waals surface area (Å²) in [6.07, 6.45) is 22.8. The van der Waals surface area contributed by atoms with E-state index in [-0.39, 0.29) is 5.75 Å². The molecule has 0 unspecified atom stereocenters. The number of allylic oxidation sites excluding steroid dienone is 2. The van der Waals surface area contributed by atoms with Crippen LogP contribution >= 0.6 is 0 Å². The van der Waals surface area contributed by atoms with Crippen molar-refractivity contribution in [2.24, 2.45) is 0 Å². The van der Waals surface area contributed by atoms with Gasteiger partial charge < -0.3 is 0 Å². The molecule has 0 rings (SSSR count). The smallest absolute Gasteiger partial charge is 0.264 e. The fraction of sp³-hybridized carbons (Fsp3) is 0.895. The number of rotatable bonds is 17. The molecule has 0 heterocycles. The van der Waals surface area contributed by atoms with Gasteiger partial charge in [-0.15, -0.1) is 0 Å². The maximum Gasteiger partial charge on any atom is 0.264 e. The highest BCUT2D eigenvalue weighted by molar-refractivity contribution is 7.85. The second kappa shape index (κ2) is 16.5. The summed E-state index contributed by atoms with van der Waals surface area (Å²) in [5, 5.41) is 0. The molecule has 0 aromatic heterocycles. The Morgan fingerprint density at radius 3 is 1.48 bits per heavy atom. The van der Waals surface area contributed by atoms with Crippen molar-refractivity contribution in [1.29, 1.82) is 0 Å². The highest BCUT2D eigenvalue weighted by Crippen LogP contribution is 2.10. The molecule has 0 aliphatic rings. The van der Waals surface area contributed by atoms with Crippen molar-refractivity contribution in [2.45, 2.75) is 103 Å². The first-order valence-corrected chi connectivity index (χ1v) is 11.3. The van der Waals surface area contributed by atoms with Crippen LogP contribution in [0, 0.1) is 0 Å². The van der Waals surface area contributed by atoms with Crippen LogP contribution in [0.4, 0.5) is 0 Å². The Morgan fingerprint density at radius 2 is 1.04 bits per heavy atom. The second-order valence-electron chi connectivity index (χ2n) is 6.58. The van der Waals surface area contributed by atoms with E-state index in [1.165, 1.54) is 77.0 Å². The highest BCUT2D eigenvalue weighted by atomic mass is 32.2. The summed E-state index contributed by atoms with van der Waals surface area (Å²) in [6, 6.07) is 0. The van der Waals surface area contributed by atoms with Gasteiger partial charge in [0.25, 0.3) is 10.1 Å². The van der Waals surface area contributed by atoms with Crippen LogP contribution in [0.25, 0.3) is 0 Å². The van der Waals surface area contributed by atoms with Crippen molar-refractivity contribution >= 4 is 10.1 Å². The van der Waals surface area contributed by atoms with Crippen molar-refractivity contribution < 1.29 is 13.0 Å². The summed E-state index contributed by atoms with van der Waals surface area (Å²) in [7, 11) is -3.75. The third kappa shape index (κ3) is 21.6. The molecule has 0 fully saturated rings. The fourth-order valence-corrected chi connectivity index (χ4v) is 3.28. The third-order valence-electron chi connectivity index (χ3n) is 4.16. The van der Waals surface area contributed by atoms with Gasteiger partial charge in [0.15, 0.2) is 0 Å². The molecule has 0 aliphatic carbocycles. The molecule has 0 atom stereocenters. The third-order valence-corrected chi connectivity index (χ3v) is 4.97. The predicted molar refractivity (Wildman–Crippen MR) is 100 cm³/mol. The quantitative estimate of drug-likeness (QED) is 0.191. The second-order valence-corrected chi connectivity index (χ2v) is 8.15. The van der Waals surface area contributed by atoms with E-state index in [2.05, 4.69) is 19.1 Å². The lowest BCUT2D eigenvalue weighted by Gasteiger charge is -2.01. The Bertz CT molecular complexity index is 361. The number of hydrogen-bond acceptors (Lipinski definition) is 2. The predicted octanol–water partition coefficient (Wildman–Crippen LogP) is 6.30. The van der Waals surface area contributed by atoms with Gasteiger partial charge in [-0.25, -0.2) is 0 Å². The molecule has 0 amide bonds. The lowest BCUT2D eigenvalue weighted by Crippen LogP contribution is -2.03. The lowest BCUT2D eigenvalue weighted by molar-refractivity contribution is 0.478. The SMILES string of the molecule is CCCCCCCC/C=C/CCCCCCCCCS(=O)(=O)O. The molecule has 4 heteroatoms. The van der Waals surface area contributed by atoms with Gasteiger partial charge in [0.05, 0.1) is 5.75 Å². The molecule has 0 saturated heterocycles. The minimum absolute atomic E-state index is 0.0869. The normalized spacial score (nSPS) is 12.3. The minimum Gasteiger partial charge on any atom is -0.286 e. The van der Waals surface area contributed by atoms with Crippen molar-refractivity contribution in [1.82, 2.24) is 0 Å². The average Bonchev–Trinajstić information content (AvgIpc) is 2.49. The Morgan fingerprint density at radius 1 is 0.652 bits per heavy atom. The molecule has 0 spiro atoms. The van der Waals surface area contributed by atoms with Crippen LogP contribution in [0.2, 0.25) is 0 Å². The van der Waals surface area contributed by atoms with Gasteiger partial charge >= 0.3 is 0 Å². The van der Waals surface area contributed by atoms with E-state index in [1.807, 2.05) is 0 Å². The van der Waals surface area contributed by atoms with Gasteiger partial charge in [-0.1, -0.05) is 83.3 Å². The standard InChI is InChI=1S/C19H38O3S/c1-2-3-4-5-6-7-8-9-10-11-12-13-14-15-16-17-18-19-23(20,21)22/h9-10H,2-8,11-19H2,1H3,(H,20,21,22)/b10-9+. The molecular weight excluding hydrogens is 308 g/mol. The summed E-state index contributed by atoms with van der Waals surface area (Å²) >= 11 is 0. The Kier molecular flexibility index (Phi) is 16.3. The molecule has 0 radical (unpaired) electrons. The Labute approximate surface area is 144 Å². The van der Waals surface area contributed by atoms with Crippen LogP contribution in [0.3, 0.4) is 0 Å². The number of unbranched alkanes of at least 4 members (excludes halogenated alkanes) is 13. The van der Waals surface area contributed by atoms with Crippen LogP contribution in [0.5, 0.6) is 0 Å². The minimum atomic E-state index is -3.75. The molecular formula is C19H38O3S. The molecule has 1 N–H and O–H groups in total. The summed E-state index contributed by atoms with van der Waals surface area (Å²) < 4.78 is 29.7. The van der Waals surface area contributed by atoms with Gasteiger partial charge in [0, 0.05) is 0 Å². The summed E-state index contributed by atoms with van der Waals surface area (Å²) in [4.78, 5) is 0. The first-order valence-electron chi connectivity index (χ1n) is 9.66.